The third-order valence-corrected chi connectivity index (χ3v) is 5.34. The van der Waals surface area contributed by atoms with Gasteiger partial charge in [0.15, 0.2) is 0 Å². The van der Waals surface area contributed by atoms with E-state index in [1.807, 2.05) is 0 Å². The lowest BCUT2D eigenvalue weighted by Gasteiger charge is -2.41. The fourth-order valence-electron chi connectivity index (χ4n) is 4.10. The topological polar surface area (TPSA) is 24.1 Å². The number of nitrogens with one attached hydrogen (secondary N) is 2. The van der Waals surface area contributed by atoms with Gasteiger partial charge in [-0.15, -0.1) is 0 Å². The maximum atomic E-state index is 4.06. The minimum absolute atomic E-state index is 0.354. The van der Waals surface area contributed by atoms with Gasteiger partial charge in [0.2, 0.25) is 0 Å². The smallest absolute Gasteiger partial charge is 0.0950 e. The first-order chi connectivity index (χ1) is 12.9. The van der Waals surface area contributed by atoms with Crippen LogP contribution in [0.15, 0.2) is 91.0 Å². The van der Waals surface area contributed by atoms with Gasteiger partial charge in [-0.2, -0.15) is 0 Å². The van der Waals surface area contributed by atoms with Gasteiger partial charge in [-0.3, -0.25) is 5.32 Å². The van der Waals surface area contributed by atoms with Crippen molar-refractivity contribution in [2.45, 2.75) is 24.4 Å². The van der Waals surface area contributed by atoms with Gasteiger partial charge >= 0.3 is 0 Å². The fourth-order valence-corrected chi connectivity index (χ4v) is 4.10. The molecule has 1 aliphatic rings. The minimum atomic E-state index is -0.354. The number of benzene rings is 3. The maximum Gasteiger partial charge on any atom is 0.0950 e. The second-order valence-corrected chi connectivity index (χ2v) is 7.04. The third kappa shape index (κ3) is 3.31. The van der Waals surface area contributed by atoms with Gasteiger partial charge in [-0.05, 0) is 36.1 Å². The predicted molar refractivity (Wildman–Crippen MR) is 108 cm³/mol. The largest absolute Gasteiger partial charge is 0.315 e. The summed E-state index contributed by atoms with van der Waals surface area (Å²) in [5.41, 5.74) is 3.49. The van der Waals surface area contributed by atoms with Gasteiger partial charge in [0.25, 0.3) is 0 Å². The van der Waals surface area contributed by atoms with Crippen LogP contribution in [0.1, 0.15) is 29.5 Å². The van der Waals surface area contributed by atoms with E-state index in [2.05, 4.69) is 102 Å². The summed E-state index contributed by atoms with van der Waals surface area (Å²) in [7, 11) is 0. The molecule has 2 heteroatoms. The molecule has 0 saturated carbocycles. The summed E-state index contributed by atoms with van der Waals surface area (Å²) in [4.78, 5) is 0. The van der Waals surface area contributed by atoms with E-state index in [9.17, 15) is 0 Å². The Morgan fingerprint density at radius 3 is 1.54 bits per heavy atom. The van der Waals surface area contributed by atoms with E-state index < -0.39 is 0 Å². The molecule has 2 N–H and O–H groups in total. The Hall–Kier alpha value is -2.42. The maximum absolute atomic E-state index is 4.06. The summed E-state index contributed by atoms with van der Waals surface area (Å²) < 4.78 is 0. The number of hydrogen-bond donors (Lipinski definition) is 2. The van der Waals surface area contributed by atoms with Crippen molar-refractivity contribution in [3.63, 3.8) is 0 Å². The van der Waals surface area contributed by atoms with Gasteiger partial charge < -0.3 is 5.32 Å². The van der Waals surface area contributed by atoms with Crippen molar-refractivity contribution in [3.05, 3.63) is 108 Å². The molecule has 0 radical (unpaired) electrons. The van der Waals surface area contributed by atoms with Gasteiger partial charge in [-0.1, -0.05) is 91.0 Å². The Labute approximate surface area is 156 Å². The standard InChI is InChI=1S/C24H26N2/c1-4-11-20(12-5-1)24(21-13-6-2-7-14-21,22-15-8-3-9-16-22)26-23-17-10-18-25-19-23/h1-9,11-16,23,25-26H,10,17-19H2. The lowest BCUT2D eigenvalue weighted by Crippen LogP contribution is -2.54. The van der Waals surface area contributed by atoms with Gasteiger partial charge in [-0.25, -0.2) is 0 Å². The van der Waals surface area contributed by atoms with Crippen LogP contribution in [0.2, 0.25) is 0 Å². The molecule has 1 fully saturated rings. The Balaban J connectivity index is 1.90. The van der Waals surface area contributed by atoms with Crippen LogP contribution in [0.25, 0.3) is 0 Å². The van der Waals surface area contributed by atoms with Crippen molar-refractivity contribution in [1.82, 2.24) is 10.6 Å². The molecule has 0 amide bonds. The highest BCUT2D eigenvalue weighted by molar-refractivity contribution is 5.49. The van der Waals surface area contributed by atoms with Crippen molar-refractivity contribution in [1.29, 1.82) is 0 Å². The molecule has 26 heavy (non-hydrogen) atoms. The quantitative estimate of drug-likeness (QED) is 0.675. The predicted octanol–water partition coefficient (Wildman–Crippen LogP) is 4.32. The normalized spacial score (nSPS) is 17.8. The number of piperidine rings is 1. The molecule has 1 unspecified atom stereocenters. The molecule has 1 saturated heterocycles. The van der Waals surface area contributed by atoms with E-state index in [0.29, 0.717) is 6.04 Å². The zero-order valence-electron chi connectivity index (χ0n) is 15.1. The molecular formula is C24H26N2. The molecule has 3 aromatic rings. The molecule has 0 aromatic heterocycles. The lowest BCUT2D eigenvalue weighted by atomic mass is 9.76. The van der Waals surface area contributed by atoms with Crippen LogP contribution in [0.4, 0.5) is 0 Å². The monoisotopic (exact) mass is 342 g/mol. The van der Waals surface area contributed by atoms with Crippen LogP contribution >= 0.6 is 0 Å². The molecule has 0 spiro atoms. The Morgan fingerprint density at radius 1 is 0.692 bits per heavy atom. The van der Waals surface area contributed by atoms with Gasteiger partial charge in [0.05, 0.1) is 5.54 Å². The summed E-state index contributed by atoms with van der Waals surface area (Å²) in [6.45, 7) is 2.13. The van der Waals surface area contributed by atoms with Crippen molar-refractivity contribution >= 4 is 0 Å². The average Bonchev–Trinajstić information content (AvgIpc) is 2.75. The van der Waals surface area contributed by atoms with Crippen LogP contribution in [-0.2, 0) is 5.54 Å². The zero-order valence-corrected chi connectivity index (χ0v) is 15.1. The zero-order chi connectivity index (χ0) is 17.7. The SMILES string of the molecule is c1ccc(C(NC2CCCNC2)(c2ccccc2)c2ccccc2)cc1. The molecule has 132 valence electrons. The van der Waals surface area contributed by atoms with E-state index in [1.54, 1.807) is 0 Å². The van der Waals surface area contributed by atoms with Crippen molar-refractivity contribution in [2.75, 3.05) is 13.1 Å². The van der Waals surface area contributed by atoms with E-state index in [0.717, 1.165) is 13.1 Å². The summed E-state index contributed by atoms with van der Waals surface area (Å²) >= 11 is 0. The average molecular weight is 342 g/mol. The van der Waals surface area contributed by atoms with Crippen LogP contribution in [0, 0.1) is 0 Å². The van der Waals surface area contributed by atoms with Crippen LogP contribution in [0.3, 0.4) is 0 Å². The minimum Gasteiger partial charge on any atom is -0.315 e. The first-order valence-electron chi connectivity index (χ1n) is 9.54. The summed E-state index contributed by atoms with van der Waals surface area (Å²) in [5.74, 6) is 0. The third-order valence-electron chi connectivity index (χ3n) is 5.34. The number of hydrogen-bond acceptors (Lipinski definition) is 2. The van der Waals surface area contributed by atoms with Crippen LogP contribution in [-0.4, -0.2) is 19.1 Å². The van der Waals surface area contributed by atoms with Crippen molar-refractivity contribution in [3.8, 4) is 0 Å². The molecule has 0 aliphatic carbocycles. The first-order valence-corrected chi connectivity index (χ1v) is 9.54. The second-order valence-electron chi connectivity index (χ2n) is 7.04. The van der Waals surface area contributed by atoms with E-state index >= 15 is 0 Å². The van der Waals surface area contributed by atoms with Crippen molar-refractivity contribution < 1.29 is 0 Å². The molecule has 3 aromatic carbocycles. The lowest BCUT2D eigenvalue weighted by molar-refractivity contribution is 0.326. The van der Waals surface area contributed by atoms with Crippen LogP contribution < -0.4 is 10.6 Å². The number of rotatable bonds is 5. The highest BCUT2D eigenvalue weighted by Gasteiger charge is 2.38. The van der Waals surface area contributed by atoms with Gasteiger partial charge in [0.1, 0.15) is 0 Å². The molecule has 1 heterocycles. The van der Waals surface area contributed by atoms with Crippen molar-refractivity contribution in [2.24, 2.45) is 0 Å². The first kappa shape index (κ1) is 17.0. The molecule has 2 nitrogen and oxygen atoms in total. The molecule has 1 aliphatic heterocycles. The highest BCUT2D eigenvalue weighted by atomic mass is 15.1. The molecular weight excluding hydrogens is 316 g/mol. The summed E-state index contributed by atoms with van der Waals surface area (Å²) in [6, 6.07) is 33.0. The Morgan fingerprint density at radius 2 is 1.15 bits per heavy atom. The van der Waals surface area contributed by atoms with E-state index in [1.165, 1.54) is 29.5 Å². The molecule has 4 rings (SSSR count). The van der Waals surface area contributed by atoms with Crippen LogP contribution in [0.5, 0.6) is 0 Å². The molecule has 1 atom stereocenters. The summed E-state index contributed by atoms with van der Waals surface area (Å²) in [6.07, 6.45) is 2.41. The summed E-state index contributed by atoms with van der Waals surface area (Å²) in [5, 5.41) is 7.61. The Kier molecular flexibility index (Phi) is 5.14. The van der Waals surface area contributed by atoms with E-state index in [-0.39, 0.29) is 5.54 Å². The fraction of sp³-hybridized carbons (Fsp3) is 0.250. The second kappa shape index (κ2) is 7.86. The van der Waals surface area contributed by atoms with Gasteiger partial charge in [0, 0.05) is 12.6 Å². The Bertz CT molecular complexity index is 697. The molecule has 0 bridgehead atoms. The highest BCUT2D eigenvalue weighted by Crippen LogP contribution is 2.37. The van der Waals surface area contributed by atoms with E-state index in [4.69, 9.17) is 0 Å².